The third-order valence-corrected chi connectivity index (χ3v) is 6.04. The van der Waals surface area contributed by atoms with Crippen molar-refractivity contribution in [1.29, 1.82) is 0 Å². The zero-order valence-electron chi connectivity index (χ0n) is 14.0. The van der Waals surface area contributed by atoms with Gasteiger partial charge in [0.15, 0.2) is 0 Å². The Hall–Kier alpha value is -1.38. The molecule has 0 atom stereocenters. The zero-order chi connectivity index (χ0) is 18.3. The summed E-state index contributed by atoms with van der Waals surface area (Å²) in [5.41, 5.74) is 0.288. The molecule has 4 nitrogen and oxygen atoms in total. The van der Waals surface area contributed by atoms with Crippen molar-refractivity contribution >= 4 is 28.8 Å². The standard InChI is InChI=1S/C17H18ClF3N4S/c18-14-7-12(17(19,20)21)8-22-15(14)25-5-3-24(4-6-25)9-13-10-26-16(23-13)11-1-2-11/h7-8,10-11H,1-6,9H2. The van der Waals surface area contributed by atoms with Gasteiger partial charge < -0.3 is 4.90 Å². The lowest BCUT2D eigenvalue weighted by molar-refractivity contribution is -0.137. The Morgan fingerprint density at radius 2 is 1.92 bits per heavy atom. The molecule has 1 saturated carbocycles. The lowest BCUT2D eigenvalue weighted by atomic mass is 10.2. The molecule has 140 valence electrons. The summed E-state index contributed by atoms with van der Waals surface area (Å²) in [6, 6.07) is 0.949. The normalized spacial score (nSPS) is 19.2. The second kappa shape index (κ2) is 6.98. The van der Waals surface area contributed by atoms with Crippen molar-refractivity contribution in [3.05, 3.63) is 38.9 Å². The van der Waals surface area contributed by atoms with E-state index in [1.54, 1.807) is 11.3 Å². The summed E-state index contributed by atoms with van der Waals surface area (Å²) >= 11 is 7.79. The lowest BCUT2D eigenvalue weighted by Gasteiger charge is -2.35. The SMILES string of the molecule is FC(F)(F)c1cnc(N2CCN(Cc3csc(C4CC4)n3)CC2)c(Cl)c1. The summed E-state index contributed by atoms with van der Waals surface area (Å²) in [5.74, 6) is 1.10. The van der Waals surface area contributed by atoms with Crippen LogP contribution in [0.4, 0.5) is 19.0 Å². The monoisotopic (exact) mass is 402 g/mol. The van der Waals surface area contributed by atoms with Crippen LogP contribution in [0.5, 0.6) is 0 Å². The first-order valence-electron chi connectivity index (χ1n) is 8.54. The van der Waals surface area contributed by atoms with Crippen LogP contribution >= 0.6 is 22.9 Å². The molecule has 2 fully saturated rings. The van der Waals surface area contributed by atoms with E-state index in [0.29, 0.717) is 24.8 Å². The highest BCUT2D eigenvalue weighted by Crippen LogP contribution is 2.41. The van der Waals surface area contributed by atoms with Gasteiger partial charge in [-0.05, 0) is 18.9 Å². The fourth-order valence-corrected chi connectivity index (χ4v) is 4.35. The van der Waals surface area contributed by atoms with E-state index in [-0.39, 0.29) is 5.02 Å². The second-order valence-corrected chi connectivity index (χ2v) is 8.04. The van der Waals surface area contributed by atoms with Crippen molar-refractivity contribution in [1.82, 2.24) is 14.9 Å². The van der Waals surface area contributed by atoms with E-state index in [2.05, 4.69) is 15.3 Å². The van der Waals surface area contributed by atoms with E-state index >= 15 is 0 Å². The fraction of sp³-hybridized carbons (Fsp3) is 0.529. The summed E-state index contributed by atoms with van der Waals surface area (Å²) in [4.78, 5) is 12.9. The number of hydrogen-bond donors (Lipinski definition) is 0. The number of rotatable bonds is 4. The van der Waals surface area contributed by atoms with Gasteiger partial charge in [0.2, 0.25) is 0 Å². The predicted octanol–water partition coefficient (Wildman–Crippen LogP) is 4.41. The largest absolute Gasteiger partial charge is 0.417 e. The molecule has 3 heterocycles. The van der Waals surface area contributed by atoms with Crippen LogP contribution in [0.25, 0.3) is 0 Å². The van der Waals surface area contributed by atoms with Crippen molar-refractivity contribution in [2.45, 2.75) is 31.5 Å². The predicted molar refractivity (Wildman–Crippen MR) is 95.8 cm³/mol. The number of thiazole rings is 1. The molecule has 0 radical (unpaired) electrons. The molecule has 0 bridgehead atoms. The molecular weight excluding hydrogens is 385 g/mol. The molecule has 1 aliphatic heterocycles. The molecule has 26 heavy (non-hydrogen) atoms. The number of piperazine rings is 1. The van der Waals surface area contributed by atoms with Crippen LogP contribution in [-0.2, 0) is 12.7 Å². The van der Waals surface area contributed by atoms with Crippen LogP contribution in [0.1, 0.15) is 35.0 Å². The smallest absolute Gasteiger partial charge is 0.353 e. The highest BCUT2D eigenvalue weighted by molar-refractivity contribution is 7.09. The van der Waals surface area contributed by atoms with Gasteiger partial charge in [0.05, 0.1) is 21.3 Å². The van der Waals surface area contributed by atoms with Gasteiger partial charge in [0.1, 0.15) is 5.82 Å². The van der Waals surface area contributed by atoms with Crippen molar-refractivity contribution in [2.75, 3.05) is 31.1 Å². The average molecular weight is 403 g/mol. The van der Waals surface area contributed by atoms with Crippen LogP contribution in [-0.4, -0.2) is 41.0 Å². The van der Waals surface area contributed by atoms with Crippen molar-refractivity contribution in [3.63, 3.8) is 0 Å². The van der Waals surface area contributed by atoms with Crippen LogP contribution < -0.4 is 4.90 Å². The summed E-state index contributed by atoms with van der Waals surface area (Å²) in [5, 5.41) is 3.43. The summed E-state index contributed by atoms with van der Waals surface area (Å²) in [6.45, 7) is 3.77. The van der Waals surface area contributed by atoms with Gasteiger partial charge in [-0.1, -0.05) is 11.6 Å². The first-order valence-corrected chi connectivity index (χ1v) is 9.80. The summed E-state index contributed by atoms with van der Waals surface area (Å²) in [6.07, 6.45) is -1.07. The highest BCUT2D eigenvalue weighted by Gasteiger charge is 2.32. The molecule has 0 spiro atoms. The minimum Gasteiger partial charge on any atom is -0.353 e. The lowest BCUT2D eigenvalue weighted by Crippen LogP contribution is -2.46. The molecule has 0 aromatic carbocycles. The number of halogens is 4. The van der Waals surface area contributed by atoms with Gasteiger partial charge in [-0.15, -0.1) is 11.3 Å². The topological polar surface area (TPSA) is 32.3 Å². The number of anilines is 1. The minimum atomic E-state index is -4.43. The molecule has 0 amide bonds. The number of hydrogen-bond acceptors (Lipinski definition) is 5. The maximum absolute atomic E-state index is 12.7. The van der Waals surface area contributed by atoms with E-state index in [4.69, 9.17) is 16.6 Å². The van der Waals surface area contributed by atoms with Gasteiger partial charge in [-0.3, -0.25) is 4.90 Å². The Bertz CT molecular complexity index is 783. The highest BCUT2D eigenvalue weighted by atomic mass is 35.5. The maximum Gasteiger partial charge on any atom is 0.417 e. The number of alkyl halides is 3. The van der Waals surface area contributed by atoms with E-state index in [1.165, 1.54) is 17.8 Å². The van der Waals surface area contributed by atoms with Gasteiger partial charge in [-0.25, -0.2) is 9.97 Å². The van der Waals surface area contributed by atoms with Crippen LogP contribution in [0.3, 0.4) is 0 Å². The molecule has 1 aliphatic carbocycles. The van der Waals surface area contributed by atoms with Gasteiger partial charge in [-0.2, -0.15) is 13.2 Å². The van der Waals surface area contributed by atoms with Crippen LogP contribution in [0.2, 0.25) is 5.02 Å². The van der Waals surface area contributed by atoms with Crippen molar-refractivity contribution < 1.29 is 13.2 Å². The number of aromatic nitrogens is 2. The number of nitrogens with zero attached hydrogens (tertiary/aromatic N) is 4. The van der Waals surface area contributed by atoms with Crippen LogP contribution in [0, 0.1) is 0 Å². The van der Waals surface area contributed by atoms with E-state index < -0.39 is 11.7 Å². The minimum absolute atomic E-state index is 0.0434. The molecule has 1 saturated heterocycles. The molecular formula is C17H18ClF3N4S. The Morgan fingerprint density at radius 3 is 2.54 bits per heavy atom. The third kappa shape index (κ3) is 3.97. The van der Waals surface area contributed by atoms with E-state index in [0.717, 1.165) is 37.6 Å². The van der Waals surface area contributed by atoms with Crippen molar-refractivity contribution in [3.8, 4) is 0 Å². The molecule has 0 N–H and O–H groups in total. The molecule has 4 rings (SSSR count). The number of pyridine rings is 1. The van der Waals surface area contributed by atoms with Gasteiger partial charge in [0.25, 0.3) is 0 Å². The first kappa shape index (κ1) is 18.0. The Labute approximate surface area is 158 Å². The fourth-order valence-electron chi connectivity index (χ4n) is 3.08. The average Bonchev–Trinajstić information content (AvgIpc) is 3.35. The molecule has 2 aromatic heterocycles. The second-order valence-electron chi connectivity index (χ2n) is 6.74. The summed E-state index contributed by atoms with van der Waals surface area (Å²) in [7, 11) is 0. The Balaban J connectivity index is 1.35. The molecule has 2 aliphatic rings. The molecule has 0 unspecified atom stereocenters. The third-order valence-electron chi connectivity index (χ3n) is 4.70. The quantitative estimate of drug-likeness (QED) is 0.758. The van der Waals surface area contributed by atoms with Crippen molar-refractivity contribution in [2.24, 2.45) is 0 Å². The molecule has 9 heteroatoms. The molecule has 2 aromatic rings. The summed E-state index contributed by atoms with van der Waals surface area (Å²) < 4.78 is 38.2. The van der Waals surface area contributed by atoms with Crippen LogP contribution in [0.15, 0.2) is 17.6 Å². The van der Waals surface area contributed by atoms with Gasteiger partial charge >= 0.3 is 6.18 Å². The maximum atomic E-state index is 12.7. The Morgan fingerprint density at radius 1 is 1.19 bits per heavy atom. The first-order chi connectivity index (χ1) is 12.4. The van der Waals surface area contributed by atoms with Gasteiger partial charge in [0, 0.05) is 50.2 Å². The van der Waals surface area contributed by atoms with E-state index in [9.17, 15) is 13.2 Å². The zero-order valence-corrected chi connectivity index (χ0v) is 15.5. The van der Waals surface area contributed by atoms with E-state index in [1.807, 2.05) is 4.90 Å². The Kier molecular flexibility index (Phi) is 4.83.